The number of methoxy groups -OCH3 is 1. The molecule has 7 atom stereocenters. The minimum absolute atomic E-state index is 0.0378. The second-order valence-electron chi connectivity index (χ2n) is 16.2. The number of fused-ring (bicyclic) bond motifs is 3. The molecule has 2 fully saturated rings. The number of cyclic esters (lactones) is 1. The number of carbonyl (C=O) groups is 4. The van der Waals surface area contributed by atoms with E-state index >= 15 is 4.79 Å². The first-order valence-corrected chi connectivity index (χ1v) is 21.3. The first-order chi connectivity index (χ1) is 31.6. The number of aliphatic carboxylic acids is 1. The fourth-order valence-corrected chi connectivity index (χ4v) is 9.80. The maximum Gasteiger partial charge on any atom is 0.329 e. The van der Waals surface area contributed by atoms with E-state index in [9.17, 15) is 24.6 Å². The van der Waals surface area contributed by atoms with Gasteiger partial charge in [-0.05, 0) is 89.3 Å². The Balaban J connectivity index is 1.32. The lowest BCUT2D eigenvalue weighted by atomic mass is 9.65. The van der Waals surface area contributed by atoms with Crippen molar-refractivity contribution in [1.29, 1.82) is 0 Å². The number of aliphatic hydroxyl groups is 1. The van der Waals surface area contributed by atoms with Crippen LogP contribution in [0, 0.1) is 17.8 Å². The highest BCUT2D eigenvalue weighted by molar-refractivity contribution is 6.24. The van der Waals surface area contributed by atoms with Crippen LogP contribution in [0.1, 0.15) is 70.1 Å². The molecule has 3 aliphatic rings. The fourth-order valence-electron chi connectivity index (χ4n) is 9.80. The lowest BCUT2D eigenvalue weighted by molar-refractivity contribution is -0.179. The minimum Gasteiger partial charge on any atom is -0.497 e. The molecule has 0 unspecified atom stereocenters. The number of carboxylic acids is 1. The molecule has 0 saturated carbocycles. The number of benzene rings is 6. The Morgan fingerprint density at radius 3 is 2.05 bits per heavy atom. The number of anilines is 1. The normalized spacial score (nSPS) is 22.5. The molecule has 0 radical (unpaired) electrons. The molecular weight excluding hydrogens is 823 g/mol. The average Bonchev–Trinajstić information content (AvgIpc) is 3.80. The number of morpholine rings is 1. The number of amides is 3. The second kappa shape index (κ2) is 17.8. The molecule has 2 saturated heterocycles. The molecule has 0 aliphatic carbocycles. The number of carboxylic acid groups (broad SMARTS) is 1. The predicted octanol–water partition coefficient (Wildman–Crippen LogP) is 7.69. The van der Waals surface area contributed by atoms with Gasteiger partial charge in [-0.3, -0.25) is 19.3 Å². The molecule has 3 amide bonds. The van der Waals surface area contributed by atoms with Crippen LogP contribution in [0.2, 0.25) is 0 Å². The summed E-state index contributed by atoms with van der Waals surface area (Å²) in [5, 5.41) is 24.4. The third-order valence-electron chi connectivity index (χ3n) is 12.5. The Labute approximate surface area is 376 Å². The average molecular weight is 868 g/mol. The molecule has 1 spiro atoms. The Morgan fingerprint density at radius 2 is 1.38 bits per heavy atom. The summed E-state index contributed by atoms with van der Waals surface area (Å²) in [5.74, 6) is 2.45. The number of nitrogens with one attached hydrogen (secondary N) is 1. The van der Waals surface area contributed by atoms with Crippen LogP contribution in [0.25, 0.3) is 0 Å². The highest BCUT2D eigenvalue weighted by atomic mass is 16.6. The summed E-state index contributed by atoms with van der Waals surface area (Å²) in [6, 6.07) is 41.9. The molecule has 3 heterocycles. The van der Waals surface area contributed by atoms with Gasteiger partial charge in [-0.2, -0.15) is 0 Å². The zero-order chi connectivity index (χ0) is 45.2. The van der Waals surface area contributed by atoms with Crippen LogP contribution in [-0.2, 0) is 24.5 Å². The predicted molar refractivity (Wildman–Crippen MR) is 241 cm³/mol. The lowest BCUT2D eigenvalue weighted by Gasteiger charge is -2.46. The Morgan fingerprint density at radius 1 is 0.754 bits per heavy atom. The summed E-state index contributed by atoms with van der Waals surface area (Å²) in [5.41, 5.74) is 1.88. The van der Waals surface area contributed by atoms with E-state index < -0.39 is 65.5 Å². The van der Waals surface area contributed by atoms with Gasteiger partial charge in [-0.25, -0.2) is 9.69 Å². The monoisotopic (exact) mass is 867 g/mol. The van der Waals surface area contributed by atoms with Gasteiger partial charge >= 0.3 is 18.0 Å². The van der Waals surface area contributed by atoms with E-state index in [1.165, 1.54) is 0 Å². The van der Waals surface area contributed by atoms with Gasteiger partial charge in [-0.1, -0.05) is 115 Å². The standard InChI is InChI=1S/C53H45N3O9/c1-33(36-13-6-3-7-14-36)54-52(62)55-43-28-25-35(22-21-34-23-26-40(63-2)27-24-34)31-42(43)53(51(55)61)44(49(58)59)46-50(60)65-47(38-17-10-5-11-18-38)45(37-15-8-4-9-16-37)56(46)48(53)39-19-12-20-41(32-39)64-30-29-57/h3-20,23-28,31-33,44-48,57H,29-30H2,1-2H3,(H,54,62)(H,58,59)/t33-,44-,45-,46-,47+,48+,53-/m1/s1. The summed E-state index contributed by atoms with van der Waals surface area (Å²) in [4.78, 5) is 63.2. The van der Waals surface area contributed by atoms with Gasteiger partial charge in [-0.15, -0.1) is 0 Å². The third-order valence-corrected chi connectivity index (χ3v) is 12.5. The van der Waals surface area contributed by atoms with Crippen molar-refractivity contribution in [2.75, 3.05) is 25.2 Å². The quantitative estimate of drug-likeness (QED) is 0.0923. The summed E-state index contributed by atoms with van der Waals surface area (Å²) in [6.45, 7) is 1.48. The van der Waals surface area contributed by atoms with Crippen LogP contribution in [0.3, 0.4) is 0 Å². The Kier molecular flexibility index (Phi) is 11.7. The van der Waals surface area contributed by atoms with Gasteiger partial charge < -0.3 is 29.7 Å². The smallest absolute Gasteiger partial charge is 0.329 e. The van der Waals surface area contributed by atoms with E-state index in [0.29, 0.717) is 39.3 Å². The number of rotatable bonds is 10. The number of imide groups is 1. The molecule has 326 valence electrons. The molecule has 0 bridgehead atoms. The minimum atomic E-state index is -2.16. The number of aliphatic hydroxyl groups excluding tert-OH is 1. The second-order valence-corrected chi connectivity index (χ2v) is 16.2. The molecule has 65 heavy (non-hydrogen) atoms. The molecule has 3 N–H and O–H groups in total. The fraction of sp³-hybridized carbons (Fsp3) is 0.208. The van der Waals surface area contributed by atoms with Crippen LogP contribution in [0.4, 0.5) is 10.5 Å². The van der Waals surface area contributed by atoms with Gasteiger partial charge in [0.1, 0.15) is 41.6 Å². The zero-order valence-electron chi connectivity index (χ0n) is 35.5. The van der Waals surface area contributed by atoms with Crippen molar-refractivity contribution in [3.8, 4) is 23.3 Å². The Hall–Kier alpha value is -7.72. The molecule has 12 nitrogen and oxygen atoms in total. The van der Waals surface area contributed by atoms with Crippen molar-refractivity contribution in [1.82, 2.24) is 10.2 Å². The van der Waals surface area contributed by atoms with Gasteiger partial charge in [0.15, 0.2) is 0 Å². The third kappa shape index (κ3) is 7.54. The molecule has 9 rings (SSSR count). The number of carbonyl (C=O) groups excluding carboxylic acids is 3. The van der Waals surface area contributed by atoms with E-state index in [4.69, 9.17) is 14.2 Å². The molecular formula is C53H45N3O9. The molecule has 6 aromatic rings. The maximum atomic E-state index is 16.2. The van der Waals surface area contributed by atoms with Crippen LogP contribution < -0.4 is 19.7 Å². The number of urea groups is 1. The van der Waals surface area contributed by atoms with Gasteiger partial charge in [0, 0.05) is 11.1 Å². The van der Waals surface area contributed by atoms with Crippen molar-refractivity contribution in [2.45, 2.75) is 42.6 Å². The highest BCUT2D eigenvalue weighted by Gasteiger charge is 2.76. The number of nitrogens with zero attached hydrogens (tertiary/aromatic N) is 2. The van der Waals surface area contributed by atoms with Crippen molar-refractivity contribution in [3.63, 3.8) is 0 Å². The number of hydrogen-bond donors (Lipinski definition) is 3. The first-order valence-electron chi connectivity index (χ1n) is 21.3. The van der Waals surface area contributed by atoms with Crippen LogP contribution in [0.15, 0.2) is 158 Å². The van der Waals surface area contributed by atoms with Crippen LogP contribution in [0.5, 0.6) is 11.5 Å². The van der Waals surface area contributed by atoms with Crippen molar-refractivity contribution in [2.24, 2.45) is 5.92 Å². The summed E-state index contributed by atoms with van der Waals surface area (Å²) in [6.07, 6.45) is -0.952. The van der Waals surface area contributed by atoms with E-state index in [0.717, 1.165) is 10.5 Å². The molecule has 3 aliphatic heterocycles. The molecule has 12 heteroatoms. The van der Waals surface area contributed by atoms with E-state index in [2.05, 4.69) is 17.2 Å². The largest absolute Gasteiger partial charge is 0.497 e. The van der Waals surface area contributed by atoms with Crippen molar-refractivity contribution < 1.29 is 43.6 Å². The number of hydrogen-bond acceptors (Lipinski definition) is 9. The van der Waals surface area contributed by atoms with Crippen LogP contribution >= 0.6 is 0 Å². The van der Waals surface area contributed by atoms with Crippen molar-refractivity contribution in [3.05, 3.63) is 197 Å². The Bertz CT molecular complexity index is 2810. The first kappa shape index (κ1) is 42.6. The zero-order valence-corrected chi connectivity index (χ0v) is 35.5. The van der Waals surface area contributed by atoms with E-state index in [1.807, 2.05) is 95.9 Å². The van der Waals surface area contributed by atoms with E-state index in [-0.39, 0.29) is 24.5 Å². The van der Waals surface area contributed by atoms with Crippen LogP contribution in [-0.4, -0.2) is 65.4 Å². The highest BCUT2D eigenvalue weighted by Crippen LogP contribution is 2.66. The summed E-state index contributed by atoms with van der Waals surface area (Å²) >= 11 is 0. The van der Waals surface area contributed by atoms with Gasteiger partial charge in [0.2, 0.25) is 5.91 Å². The number of ether oxygens (including phenoxy) is 3. The summed E-state index contributed by atoms with van der Waals surface area (Å²) < 4.78 is 17.6. The SMILES string of the molecule is COc1ccc(C#Cc2ccc3c(c2)[C@]2(C(=O)N3C(=O)N[C@H](C)c3ccccc3)[C@H](c3cccc(OCCO)c3)N3[C@H](c4ccccc4)[C@H](c4ccccc4)OC(=O)[C@H]3[C@@H]2C(=O)O)cc1. The topological polar surface area (TPSA) is 155 Å². The van der Waals surface area contributed by atoms with Crippen molar-refractivity contribution >= 4 is 29.6 Å². The van der Waals surface area contributed by atoms with Gasteiger partial charge in [0.25, 0.3) is 0 Å². The van der Waals surface area contributed by atoms with Gasteiger partial charge in [0.05, 0.1) is 37.5 Å². The summed E-state index contributed by atoms with van der Waals surface area (Å²) in [7, 11) is 1.57. The number of esters is 1. The lowest BCUT2D eigenvalue weighted by Crippen LogP contribution is -2.54. The van der Waals surface area contributed by atoms with E-state index in [1.54, 1.807) is 80.8 Å². The molecule has 6 aromatic carbocycles. The molecule has 0 aromatic heterocycles. The maximum absolute atomic E-state index is 16.2.